The Morgan fingerprint density at radius 3 is 2.75 bits per heavy atom. The maximum atomic E-state index is 6.06. The van der Waals surface area contributed by atoms with Crippen molar-refractivity contribution < 1.29 is 9.47 Å². The van der Waals surface area contributed by atoms with Crippen LogP contribution in [0, 0.1) is 0 Å². The van der Waals surface area contributed by atoms with Crippen LogP contribution >= 0.6 is 0 Å². The molecule has 1 aliphatic carbocycles. The summed E-state index contributed by atoms with van der Waals surface area (Å²) in [5.74, 6) is 0.906. The van der Waals surface area contributed by atoms with Gasteiger partial charge in [0.25, 0.3) is 0 Å². The second-order valence-corrected chi connectivity index (χ2v) is 5.07. The van der Waals surface area contributed by atoms with Gasteiger partial charge in [0.15, 0.2) is 6.79 Å². The molecule has 104 valence electrons. The van der Waals surface area contributed by atoms with Crippen LogP contribution in [0.1, 0.15) is 29.2 Å². The molecule has 2 N–H and O–H groups in total. The van der Waals surface area contributed by atoms with Crippen LogP contribution in [0.3, 0.4) is 0 Å². The van der Waals surface area contributed by atoms with Crippen molar-refractivity contribution >= 4 is 0 Å². The number of ether oxygens (including phenoxy) is 2. The van der Waals surface area contributed by atoms with Gasteiger partial charge in [-0.3, -0.25) is 0 Å². The molecule has 2 aromatic carbocycles. The quantitative estimate of drug-likeness (QED) is 0.669. The summed E-state index contributed by atoms with van der Waals surface area (Å²) < 4.78 is 11.3. The molecular weight excluding hydrogens is 250 g/mol. The molecule has 0 spiro atoms. The molecule has 0 heterocycles. The van der Waals surface area contributed by atoms with E-state index in [1.54, 1.807) is 0 Å². The Balaban J connectivity index is 1.55. The Morgan fingerprint density at radius 2 is 1.90 bits per heavy atom. The summed E-state index contributed by atoms with van der Waals surface area (Å²) in [6.45, 7) is 0.829. The zero-order valence-corrected chi connectivity index (χ0v) is 11.4. The lowest BCUT2D eigenvalue weighted by molar-refractivity contribution is 0.00458. The summed E-state index contributed by atoms with van der Waals surface area (Å²) in [5, 5.41) is 0. The van der Waals surface area contributed by atoms with Gasteiger partial charge >= 0.3 is 0 Å². The van der Waals surface area contributed by atoms with Crippen molar-refractivity contribution in [2.45, 2.75) is 25.5 Å². The first-order valence-electron chi connectivity index (χ1n) is 6.96. The molecule has 1 unspecified atom stereocenters. The Morgan fingerprint density at radius 1 is 1.05 bits per heavy atom. The monoisotopic (exact) mass is 269 g/mol. The van der Waals surface area contributed by atoms with E-state index < -0.39 is 0 Å². The Hall–Kier alpha value is -1.84. The predicted molar refractivity (Wildman–Crippen MR) is 78.4 cm³/mol. The SMILES string of the molecule is NC1CCc2c(OCOCc3ccccc3)cccc21. The van der Waals surface area contributed by atoms with Gasteiger partial charge in [-0.15, -0.1) is 0 Å². The van der Waals surface area contributed by atoms with Gasteiger partial charge < -0.3 is 15.2 Å². The van der Waals surface area contributed by atoms with Crippen molar-refractivity contribution in [1.82, 2.24) is 0 Å². The summed E-state index contributed by atoms with van der Waals surface area (Å²) in [6, 6.07) is 16.3. The maximum Gasteiger partial charge on any atom is 0.189 e. The van der Waals surface area contributed by atoms with Crippen LogP contribution in [0.4, 0.5) is 0 Å². The highest BCUT2D eigenvalue weighted by Crippen LogP contribution is 2.35. The second kappa shape index (κ2) is 6.07. The number of fused-ring (bicyclic) bond motifs is 1. The van der Waals surface area contributed by atoms with Gasteiger partial charge in [-0.1, -0.05) is 42.5 Å². The molecular formula is C17H19NO2. The molecule has 0 bridgehead atoms. The van der Waals surface area contributed by atoms with Crippen LogP contribution in [0.25, 0.3) is 0 Å². The molecule has 2 aromatic rings. The third kappa shape index (κ3) is 2.84. The smallest absolute Gasteiger partial charge is 0.189 e. The number of hydrogen-bond donors (Lipinski definition) is 1. The highest BCUT2D eigenvalue weighted by atomic mass is 16.7. The van der Waals surface area contributed by atoms with Crippen molar-refractivity contribution in [2.75, 3.05) is 6.79 Å². The lowest BCUT2D eigenvalue weighted by Crippen LogP contribution is -2.06. The van der Waals surface area contributed by atoms with Crippen LogP contribution in [-0.4, -0.2) is 6.79 Å². The Labute approximate surface area is 119 Å². The highest BCUT2D eigenvalue weighted by molar-refractivity contribution is 5.44. The molecule has 3 rings (SSSR count). The molecule has 0 amide bonds. The summed E-state index contributed by atoms with van der Waals surface area (Å²) in [5.41, 5.74) is 9.66. The van der Waals surface area contributed by atoms with Crippen LogP contribution in [-0.2, 0) is 17.8 Å². The molecule has 0 fully saturated rings. The van der Waals surface area contributed by atoms with E-state index in [9.17, 15) is 0 Å². The van der Waals surface area contributed by atoms with Crippen LogP contribution in [0.2, 0.25) is 0 Å². The Bertz CT molecular complexity index is 568. The number of rotatable bonds is 5. The molecule has 0 aliphatic heterocycles. The average molecular weight is 269 g/mol. The first-order chi connectivity index (χ1) is 9.84. The Kier molecular flexibility index (Phi) is 4.00. The van der Waals surface area contributed by atoms with Crippen molar-refractivity contribution in [3.63, 3.8) is 0 Å². The highest BCUT2D eigenvalue weighted by Gasteiger charge is 2.21. The molecule has 0 saturated carbocycles. The van der Waals surface area contributed by atoms with Crippen LogP contribution < -0.4 is 10.5 Å². The first kappa shape index (κ1) is 13.2. The summed E-state index contributed by atoms with van der Waals surface area (Å²) >= 11 is 0. The van der Waals surface area contributed by atoms with E-state index in [0.717, 1.165) is 24.2 Å². The van der Waals surface area contributed by atoms with E-state index in [1.807, 2.05) is 42.5 Å². The number of hydrogen-bond acceptors (Lipinski definition) is 3. The van der Waals surface area contributed by atoms with E-state index in [-0.39, 0.29) is 12.8 Å². The van der Waals surface area contributed by atoms with Gasteiger partial charge in [-0.2, -0.15) is 0 Å². The van der Waals surface area contributed by atoms with Gasteiger partial charge in [0.05, 0.1) is 6.61 Å². The minimum atomic E-state index is 0.152. The fraction of sp³-hybridized carbons (Fsp3) is 0.294. The van der Waals surface area contributed by atoms with E-state index in [0.29, 0.717) is 6.61 Å². The predicted octanol–water partition coefficient (Wildman–Crippen LogP) is 3.19. The summed E-state index contributed by atoms with van der Waals surface area (Å²) in [6.07, 6.45) is 1.99. The number of nitrogens with two attached hydrogens (primary N) is 1. The third-order valence-electron chi connectivity index (χ3n) is 3.68. The second-order valence-electron chi connectivity index (χ2n) is 5.07. The lowest BCUT2D eigenvalue weighted by Gasteiger charge is -2.12. The molecule has 1 atom stereocenters. The van der Waals surface area contributed by atoms with Gasteiger partial charge in [0.2, 0.25) is 0 Å². The topological polar surface area (TPSA) is 44.5 Å². The zero-order chi connectivity index (χ0) is 13.8. The average Bonchev–Trinajstić information content (AvgIpc) is 2.87. The largest absolute Gasteiger partial charge is 0.467 e. The first-order valence-corrected chi connectivity index (χ1v) is 6.96. The van der Waals surface area contributed by atoms with E-state index in [4.69, 9.17) is 15.2 Å². The van der Waals surface area contributed by atoms with Gasteiger partial charge in [0.1, 0.15) is 5.75 Å². The fourth-order valence-electron chi connectivity index (χ4n) is 2.63. The molecule has 1 aliphatic rings. The van der Waals surface area contributed by atoms with E-state index in [1.165, 1.54) is 11.1 Å². The van der Waals surface area contributed by atoms with Crippen LogP contribution in [0.15, 0.2) is 48.5 Å². The normalized spacial score (nSPS) is 16.9. The van der Waals surface area contributed by atoms with Crippen molar-refractivity contribution in [3.8, 4) is 5.75 Å². The molecule has 0 saturated heterocycles. The zero-order valence-electron chi connectivity index (χ0n) is 11.4. The van der Waals surface area contributed by atoms with Gasteiger partial charge in [-0.25, -0.2) is 0 Å². The van der Waals surface area contributed by atoms with E-state index in [2.05, 4.69) is 6.07 Å². The summed E-state index contributed by atoms with van der Waals surface area (Å²) in [7, 11) is 0. The fourth-order valence-corrected chi connectivity index (χ4v) is 2.63. The van der Waals surface area contributed by atoms with E-state index >= 15 is 0 Å². The van der Waals surface area contributed by atoms with Crippen molar-refractivity contribution in [2.24, 2.45) is 5.73 Å². The molecule has 0 aromatic heterocycles. The molecule has 0 radical (unpaired) electrons. The van der Waals surface area contributed by atoms with Crippen molar-refractivity contribution in [1.29, 1.82) is 0 Å². The standard InChI is InChI=1S/C17H19NO2/c18-16-10-9-15-14(16)7-4-8-17(15)20-12-19-11-13-5-2-1-3-6-13/h1-8,16H,9-12,18H2. The van der Waals surface area contributed by atoms with Crippen LogP contribution in [0.5, 0.6) is 5.75 Å². The lowest BCUT2D eigenvalue weighted by atomic mass is 10.1. The third-order valence-corrected chi connectivity index (χ3v) is 3.68. The number of benzene rings is 2. The molecule has 3 heteroatoms. The molecule has 3 nitrogen and oxygen atoms in total. The van der Waals surface area contributed by atoms with Crippen molar-refractivity contribution in [3.05, 3.63) is 65.2 Å². The minimum Gasteiger partial charge on any atom is -0.467 e. The molecule has 20 heavy (non-hydrogen) atoms. The van der Waals surface area contributed by atoms with Gasteiger partial charge in [0, 0.05) is 6.04 Å². The minimum absolute atomic E-state index is 0.152. The van der Waals surface area contributed by atoms with Gasteiger partial charge in [-0.05, 0) is 35.6 Å². The maximum absolute atomic E-state index is 6.06. The summed E-state index contributed by atoms with van der Waals surface area (Å²) in [4.78, 5) is 0.